The van der Waals surface area contributed by atoms with Gasteiger partial charge in [-0.3, -0.25) is 14.9 Å². The number of nitrogens with zero attached hydrogens (tertiary/aromatic N) is 1. The first-order valence-electron chi connectivity index (χ1n) is 10.7. The van der Waals surface area contributed by atoms with E-state index in [0.29, 0.717) is 22.3 Å². The second-order valence-corrected chi connectivity index (χ2v) is 8.74. The van der Waals surface area contributed by atoms with Crippen molar-refractivity contribution in [3.8, 4) is 17.2 Å². The van der Waals surface area contributed by atoms with Gasteiger partial charge in [0.05, 0.1) is 21.7 Å². The number of ether oxygens (including phenoxy) is 2. The number of benzene rings is 3. The van der Waals surface area contributed by atoms with Gasteiger partial charge in [0.25, 0.3) is 11.6 Å². The number of nitro benzene ring substituents is 1. The smallest absolute Gasteiger partial charge is 0.291 e. The Morgan fingerprint density at radius 3 is 2.44 bits per heavy atom. The van der Waals surface area contributed by atoms with Gasteiger partial charge in [-0.15, -0.1) is 0 Å². The van der Waals surface area contributed by atoms with Crippen LogP contribution < -0.4 is 14.8 Å². The molecule has 4 rings (SSSR count). The monoisotopic (exact) mass is 526 g/mol. The molecule has 1 amide bonds. The second kappa shape index (κ2) is 10.7. The minimum absolute atomic E-state index is 0.00549. The zero-order chi connectivity index (χ0) is 25.8. The highest BCUT2D eigenvalue weighted by Gasteiger charge is 2.17. The third kappa shape index (κ3) is 6.16. The first-order valence-corrected chi connectivity index (χ1v) is 11.5. The predicted molar refractivity (Wildman–Crippen MR) is 137 cm³/mol. The van der Waals surface area contributed by atoms with Gasteiger partial charge in [-0.05, 0) is 61.4 Å². The van der Waals surface area contributed by atoms with Crippen LogP contribution in [0.25, 0.3) is 0 Å². The van der Waals surface area contributed by atoms with Gasteiger partial charge in [0, 0.05) is 12.1 Å². The summed E-state index contributed by atoms with van der Waals surface area (Å²) in [6.07, 6.45) is 0. The summed E-state index contributed by atoms with van der Waals surface area (Å²) < 4.78 is 17.0. The van der Waals surface area contributed by atoms with Crippen molar-refractivity contribution in [3.05, 3.63) is 110 Å². The number of furan rings is 1. The minimum Gasteiger partial charge on any atom is -0.484 e. The van der Waals surface area contributed by atoms with Crippen molar-refractivity contribution in [2.45, 2.75) is 20.5 Å². The minimum atomic E-state index is -0.597. The highest BCUT2D eigenvalue weighted by atomic mass is 35.5. The molecule has 184 valence electrons. The third-order valence-electron chi connectivity index (χ3n) is 4.96. The number of amides is 1. The van der Waals surface area contributed by atoms with Gasteiger partial charge in [-0.25, -0.2) is 0 Å². The van der Waals surface area contributed by atoms with Crippen LogP contribution in [0.4, 0.5) is 11.4 Å². The third-order valence-corrected chi connectivity index (χ3v) is 5.76. The Balaban J connectivity index is 1.48. The number of carbonyl (C=O) groups is 1. The maximum atomic E-state index is 12.7. The van der Waals surface area contributed by atoms with Crippen LogP contribution in [0.5, 0.6) is 17.2 Å². The summed E-state index contributed by atoms with van der Waals surface area (Å²) in [6.45, 7) is 3.86. The van der Waals surface area contributed by atoms with Gasteiger partial charge in [-0.2, -0.15) is 0 Å². The Morgan fingerprint density at radius 2 is 1.72 bits per heavy atom. The van der Waals surface area contributed by atoms with Crippen LogP contribution in [0.15, 0.2) is 71.1 Å². The van der Waals surface area contributed by atoms with Crippen molar-refractivity contribution in [2.24, 2.45) is 0 Å². The molecular weight excluding hydrogens is 507 g/mol. The SMILES string of the molecule is Cc1cc(C)cc(Oc2cc(NC(=O)c3ccc(COc4cccc(Cl)c4Cl)o3)cc([N+](=O)[O-])c2)c1. The maximum absolute atomic E-state index is 12.7. The standard InChI is InChI=1S/C26H20Cl2N2O6/c1-15-8-16(2)10-20(9-15)35-21-12-17(11-18(13-21)30(32)33)29-26(31)24-7-6-19(36-24)14-34-23-5-3-4-22(27)25(23)28/h3-13H,14H2,1-2H3,(H,29,31). The molecule has 8 nitrogen and oxygen atoms in total. The molecule has 3 aromatic carbocycles. The van der Waals surface area contributed by atoms with Gasteiger partial charge in [0.1, 0.15) is 34.6 Å². The predicted octanol–water partition coefficient (Wildman–Crippen LogP) is 7.74. The summed E-state index contributed by atoms with van der Waals surface area (Å²) in [4.78, 5) is 23.6. The molecule has 1 aromatic heterocycles. The molecule has 0 fully saturated rings. The lowest BCUT2D eigenvalue weighted by molar-refractivity contribution is -0.384. The van der Waals surface area contributed by atoms with Crippen molar-refractivity contribution in [2.75, 3.05) is 5.32 Å². The quantitative estimate of drug-likeness (QED) is 0.186. The zero-order valence-electron chi connectivity index (χ0n) is 19.2. The van der Waals surface area contributed by atoms with E-state index in [1.807, 2.05) is 32.0 Å². The molecule has 0 aliphatic rings. The molecule has 0 bridgehead atoms. The topological polar surface area (TPSA) is 104 Å². The highest BCUT2D eigenvalue weighted by Crippen LogP contribution is 2.33. The van der Waals surface area contributed by atoms with Crippen LogP contribution in [0.3, 0.4) is 0 Å². The van der Waals surface area contributed by atoms with Gasteiger partial charge in [-0.1, -0.05) is 35.3 Å². The number of nitrogens with one attached hydrogen (secondary N) is 1. The first-order chi connectivity index (χ1) is 17.2. The van der Waals surface area contributed by atoms with E-state index in [9.17, 15) is 14.9 Å². The summed E-state index contributed by atoms with van der Waals surface area (Å²) in [7, 11) is 0. The first kappa shape index (κ1) is 25.1. The van der Waals surface area contributed by atoms with E-state index in [1.165, 1.54) is 24.3 Å². The molecule has 0 unspecified atom stereocenters. The van der Waals surface area contributed by atoms with Crippen LogP contribution in [0.1, 0.15) is 27.4 Å². The van der Waals surface area contributed by atoms with E-state index in [2.05, 4.69) is 5.32 Å². The van der Waals surface area contributed by atoms with E-state index in [0.717, 1.165) is 11.1 Å². The fourth-order valence-corrected chi connectivity index (χ4v) is 3.81. The van der Waals surface area contributed by atoms with Gasteiger partial charge in [0.2, 0.25) is 0 Å². The van der Waals surface area contributed by atoms with Gasteiger partial charge >= 0.3 is 0 Å². The fourth-order valence-electron chi connectivity index (χ4n) is 3.46. The molecule has 1 heterocycles. The Morgan fingerprint density at radius 1 is 1.00 bits per heavy atom. The Kier molecular flexibility index (Phi) is 7.47. The van der Waals surface area contributed by atoms with E-state index in [4.69, 9.17) is 37.1 Å². The summed E-state index contributed by atoms with van der Waals surface area (Å²) in [5, 5.41) is 14.7. The van der Waals surface area contributed by atoms with E-state index < -0.39 is 10.8 Å². The zero-order valence-corrected chi connectivity index (χ0v) is 20.7. The number of halogens is 2. The van der Waals surface area contributed by atoms with Crippen molar-refractivity contribution < 1.29 is 23.6 Å². The van der Waals surface area contributed by atoms with Crippen LogP contribution in [0.2, 0.25) is 10.0 Å². The lowest BCUT2D eigenvalue weighted by atomic mass is 10.1. The average Bonchev–Trinajstić information content (AvgIpc) is 3.28. The van der Waals surface area contributed by atoms with Crippen LogP contribution in [-0.4, -0.2) is 10.8 Å². The number of carbonyl (C=O) groups excluding carboxylic acids is 1. The van der Waals surface area contributed by atoms with Crippen molar-refractivity contribution >= 4 is 40.5 Å². The summed E-state index contributed by atoms with van der Waals surface area (Å²) in [5.74, 6) is 0.875. The van der Waals surface area contributed by atoms with Crippen molar-refractivity contribution in [1.29, 1.82) is 0 Å². The van der Waals surface area contributed by atoms with Gasteiger partial charge < -0.3 is 19.2 Å². The number of non-ortho nitro benzene ring substituents is 1. The molecular formula is C26H20Cl2N2O6. The maximum Gasteiger partial charge on any atom is 0.291 e. The average molecular weight is 527 g/mol. The molecule has 36 heavy (non-hydrogen) atoms. The molecule has 4 aromatic rings. The molecule has 0 spiro atoms. The largest absolute Gasteiger partial charge is 0.484 e. The number of hydrogen-bond acceptors (Lipinski definition) is 6. The Bertz CT molecular complexity index is 1430. The highest BCUT2D eigenvalue weighted by molar-refractivity contribution is 6.42. The molecule has 0 saturated heterocycles. The lowest BCUT2D eigenvalue weighted by Crippen LogP contribution is -2.11. The fraction of sp³-hybridized carbons (Fsp3) is 0.115. The molecule has 0 atom stereocenters. The molecule has 0 aliphatic heterocycles. The van der Waals surface area contributed by atoms with Crippen molar-refractivity contribution in [3.63, 3.8) is 0 Å². The molecule has 10 heteroatoms. The van der Waals surface area contributed by atoms with Gasteiger partial charge in [0.15, 0.2) is 5.76 Å². The van der Waals surface area contributed by atoms with Crippen LogP contribution >= 0.6 is 23.2 Å². The number of rotatable bonds is 8. The second-order valence-electron chi connectivity index (χ2n) is 7.96. The Hall–Kier alpha value is -4.01. The number of anilines is 1. The number of hydrogen-bond donors (Lipinski definition) is 1. The van der Waals surface area contributed by atoms with Crippen molar-refractivity contribution in [1.82, 2.24) is 0 Å². The summed E-state index contributed by atoms with van der Waals surface area (Å²) >= 11 is 12.1. The number of nitro groups is 1. The number of aryl methyl sites for hydroxylation is 2. The van der Waals surface area contributed by atoms with E-state index in [-0.39, 0.29) is 34.5 Å². The lowest BCUT2D eigenvalue weighted by Gasteiger charge is -2.10. The van der Waals surface area contributed by atoms with E-state index >= 15 is 0 Å². The molecule has 0 radical (unpaired) electrons. The summed E-state index contributed by atoms with van der Waals surface area (Å²) in [5.41, 5.74) is 1.91. The molecule has 0 aliphatic carbocycles. The normalized spacial score (nSPS) is 10.7. The Labute approximate surface area is 216 Å². The van der Waals surface area contributed by atoms with Crippen LogP contribution in [0, 0.1) is 24.0 Å². The van der Waals surface area contributed by atoms with Crippen LogP contribution in [-0.2, 0) is 6.61 Å². The molecule has 0 saturated carbocycles. The summed E-state index contributed by atoms with van der Waals surface area (Å²) in [6, 6.07) is 17.7. The molecule has 1 N–H and O–H groups in total. The van der Waals surface area contributed by atoms with E-state index in [1.54, 1.807) is 24.3 Å².